The quantitative estimate of drug-likeness (QED) is 0.793. The summed E-state index contributed by atoms with van der Waals surface area (Å²) < 4.78 is 7.25. The number of methoxy groups -OCH3 is 1. The number of nitrogens with zero attached hydrogens (tertiary/aromatic N) is 5. The summed E-state index contributed by atoms with van der Waals surface area (Å²) in [4.78, 5) is 33.0. The highest BCUT2D eigenvalue weighted by atomic mass is 16.5. The van der Waals surface area contributed by atoms with E-state index in [1.807, 2.05) is 26.0 Å². The van der Waals surface area contributed by atoms with Crippen molar-refractivity contribution in [2.24, 2.45) is 0 Å². The predicted molar refractivity (Wildman–Crippen MR) is 99.0 cm³/mol. The molecule has 3 heterocycles. The second-order valence-electron chi connectivity index (χ2n) is 6.98. The number of ether oxygens (including phenoxy) is 1. The summed E-state index contributed by atoms with van der Waals surface area (Å²) >= 11 is 0. The van der Waals surface area contributed by atoms with E-state index in [2.05, 4.69) is 10.1 Å². The van der Waals surface area contributed by atoms with E-state index in [9.17, 15) is 9.59 Å². The fraction of sp³-hybridized carbons (Fsp3) is 0.474. The lowest BCUT2D eigenvalue weighted by Gasteiger charge is -2.23. The highest BCUT2D eigenvalue weighted by Crippen LogP contribution is 2.15. The van der Waals surface area contributed by atoms with Crippen molar-refractivity contribution in [3.63, 3.8) is 0 Å². The first-order valence-corrected chi connectivity index (χ1v) is 9.00. The Balaban J connectivity index is 1.75. The first-order chi connectivity index (χ1) is 13.0. The van der Waals surface area contributed by atoms with Gasteiger partial charge in [-0.3, -0.25) is 19.3 Å². The van der Waals surface area contributed by atoms with Crippen LogP contribution in [0.1, 0.15) is 35.8 Å². The van der Waals surface area contributed by atoms with Gasteiger partial charge in [-0.2, -0.15) is 5.10 Å². The van der Waals surface area contributed by atoms with Gasteiger partial charge in [-0.05, 0) is 25.5 Å². The summed E-state index contributed by atoms with van der Waals surface area (Å²) in [5.74, 6) is -0.316. The first kappa shape index (κ1) is 19.0. The lowest BCUT2D eigenvalue weighted by molar-refractivity contribution is -0.132. The topological polar surface area (TPSA) is 80.6 Å². The molecule has 1 atom stereocenters. The number of carbonyl (C=O) groups excluding carboxylic acids is 2. The molecule has 27 heavy (non-hydrogen) atoms. The maximum atomic E-state index is 12.9. The highest BCUT2D eigenvalue weighted by Gasteiger charge is 2.31. The Bertz CT molecular complexity index is 790. The Labute approximate surface area is 158 Å². The summed E-state index contributed by atoms with van der Waals surface area (Å²) in [6.07, 6.45) is 6.45. The van der Waals surface area contributed by atoms with Gasteiger partial charge in [0.1, 0.15) is 6.54 Å². The molecule has 0 aromatic carbocycles. The molecule has 2 aromatic heterocycles. The van der Waals surface area contributed by atoms with E-state index in [0.29, 0.717) is 25.2 Å². The molecule has 0 aliphatic carbocycles. The van der Waals surface area contributed by atoms with E-state index in [4.69, 9.17) is 4.74 Å². The number of aromatic nitrogens is 3. The molecule has 0 radical (unpaired) electrons. The van der Waals surface area contributed by atoms with Gasteiger partial charge in [0.15, 0.2) is 0 Å². The third-order valence-electron chi connectivity index (χ3n) is 4.62. The maximum absolute atomic E-state index is 12.9. The SMILES string of the molecule is CO[C@@H]1CN(Cc2cccnc2)C(=O)CN(C(=O)c2cnn(C(C)C)c2)C1. The monoisotopic (exact) mass is 371 g/mol. The zero-order valence-corrected chi connectivity index (χ0v) is 15.9. The molecule has 2 amide bonds. The summed E-state index contributed by atoms with van der Waals surface area (Å²) in [5.41, 5.74) is 1.42. The summed E-state index contributed by atoms with van der Waals surface area (Å²) in [6.45, 7) is 5.24. The predicted octanol–water partition coefficient (Wildman–Crippen LogP) is 1.36. The van der Waals surface area contributed by atoms with E-state index in [0.717, 1.165) is 5.56 Å². The minimum absolute atomic E-state index is 0.0197. The van der Waals surface area contributed by atoms with Crippen LogP contribution in [0.5, 0.6) is 0 Å². The molecular formula is C19H25N5O3. The van der Waals surface area contributed by atoms with Gasteiger partial charge in [-0.15, -0.1) is 0 Å². The van der Waals surface area contributed by atoms with Crippen LogP contribution >= 0.6 is 0 Å². The second-order valence-corrected chi connectivity index (χ2v) is 6.98. The third-order valence-corrected chi connectivity index (χ3v) is 4.62. The van der Waals surface area contributed by atoms with E-state index < -0.39 is 0 Å². The fourth-order valence-electron chi connectivity index (χ4n) is 3.06. The van der Waals surface area contributed by atoms with E-state index in [1.54, 1.807) is 46.4 Å². The standard InChI is InChI=1S/C19H25N5O3/c1-14(2)24-10-16(8-21-24)19(26)23-12-17(27-3)11-22(18(25)13-23)9-15-5-4-6-20-7-15/h4-8,10,14,17H,9,11-13H2,1-3H3/t17-/m1/s1. The maximum Gasteiger partial charge on any atom is 0.257 e. The van der Waals surface area contributed by atoms with Crippen molar-refractivity contribution in [1.29, 1.82) is 0 Å². The molecule has 1 fully saturated rings. The second kappa shape index (κ2) is 8.30. The summed E-state index contributed by atoms with van der Waals surface area (Å²) in [6, 6.07) is 3.93. The van der Waals surface area contributed by atoms with Crippen molar-refractivity contribution >= 4 is 11.8 Å². The fourth-order valence-corrected chi connectivity index (χ4v) is 3.06. The van der Waals surface area contributed by atoms with Crippen molar-refractivity contribution in [3.8, 4) is 0 Å². The number of rotatable bonds is 5. The first-order valence-electron chi connectivity index (χ1n) is 9.00. The Kier molecular flexibility index (Phi) is 5.85. The summed E-state index contributed by atoms with van der Waals surface area (Å²) in [7, 11) is 1.60. The van der Waals surface area contributed by atoms with Crippen LogP contribution in [0.4, 0.5) is 0 Å². The summed E-state index contributed by atoms with van der Waals surface area (Å²) in [5, 5.41) is 4.22. The molecule has 0 bridgehead atoms. The molecule has 0 saturated carbocycles. The van der Waals surface area contributed by atoms with Crippen molar-refractivity contribution in [1.82, 2.24) is 24.6 Å². The van der Waals surface area contributed by atoms with Crippen LogP contribution in [0.3, 0.4) is 0 Å². The zero-order valence-electron chi connectivity index (χ0n) is 15.9. The van der Waals surface area contributed by atoms with Crippen LogP contribution in [-0.4, -0.2) is 69.2 Å². The van der Waals surface area contributed by atoms with Gasteiger partial charge >= 0.3 is 0 Å². The molecule has 1 aliphatic heterocycles. The Morgan fingerprint density at radius 2 is 2.15 bits per heavy atom. The number of pyridine rings is 1. The van der Waals surface area contributed by atoms with Gasteiger partial charge < -0.3 is 14.5 Å². The van der Waals surface area contributed by atoms with Crippen LogP contribution < -0.4 is 0 Å². The molecule has 3 rings (SSSR count). The van der Waals surface area contributed by atoms with E-state index in [-0.39, 0.29) is 30.5 Å². The van der Waals surface area contributed by atoms with Crippen molar-refractivity contribution < 1.29 is 14.3 Å². The van der Waals surface area contributed by atoms with Crippen LogP contribution in [0.15, 0.2) is 36.9 Å². The molecular weight excluding hydrogens is 346 g/mol. The van der Waals surface area contributed by atoms with Crippen LogP contribution in [0.25, 0.3) is 0 Å². The van der Waals surface area contributed by atoms with Gasteiger partial charge in [0.2, 0.25) is 5.91 Å². The Morgan fingerprint density at radius 3 is 2.78 bits per heavy atom. The highest BCUT2D eigenvalue weighted by molar-refractivity contribution is 5.96. The molecule has 8 nitrogen and oxygen atoms in total. The molecule has 0 N–H and O–H groups in total. The van der Waals surface area contributed by atoms with Gasteiger partial charge in [0.25, 0.3) is 5.91 Å². The zero-order chi connectivity index (χ0) is 19.4. The molecule has 0 unspecified atom stereocenters. The minimum Gasteiger partial charge on any atom is -0.378 e. The molecule has 0 spiro atoms. The van der Waals surface area contributed by atoms with Crippen molar-refractivity contribution in [2.45, 2.75) is 32.5 Å². The van der Waals surface area contributed by atoms with Gasteiger partial charge in [0.05, 0.1) is 17.9 Å². The van der Waals surface area contributed by atoms with E-state index in [1.165, 1.54) is 0 Å². The Morgan fingerprint density at radius 1 is 1.33 bits per heavy atom. The van der Waals surface area contributed by atoms with Crippen LogP contribution in [-0.2, 0) is 16.1 Å². The molecule has 1 saturated heterocycles. The number of carbonyl (C=O) groups is 2. The van der Waals surface area contributed by atoms with Gasteiger partial charge in [0, 0.05) is 51.4 Å². The third kappa shape index (κ3) is 4.51. The smallest absolute Gasteiger partial charge is 0.257 e. The lowest BCUT2D eigenvalue weighted by atomic mass is 10.2. The lowest BCUT2D eigenvalue weighted by Crippen LogP contribution is -2.39. The number of hydrogen-bond donors (Lipinski definition) is 0. The molecule has 8 heteroatoms. The van der Waals surface area contributed by atoms with Gasteiger partial charge in [-0.25, -0.2) is 0 Å². The average molecular weight is 371 g/mol. The largest absolute Gasteiger partial charge is 0.378 e. The molecule has 1 aliphatic rings. The molecule has 2 aromatic rings. The Hall–Kier alpha value is -2.74. The number of hydrogen-bond acceptors (Lipinski definition) is 5. The van der Waals surface area contributed by atoms with Gasteiger partial charge in [-0.1, -0.05) is 6.07 Å². The van der Waals surface area contributed by atoms with Crippen LogP contribution in [0, 0.1) is 0 Å². The number of amides is 2. The van der Waals surface area contributed by atoms with E-state index >= 15 is 0 Å². The minimum atomic E-state index is -0.253. The average Bonchev–Trinajstić information content (AvgIpc) is 3.10. The normalized spacial score (nSPS) is 18.1. The molecule has 144 valence electrons. The van der Waals surface area contributed by atoms with Crippen LogP contribution in [0.2, 0.25) is 0 Å². The van der Waals surface area contributed by atoms with Crippen molar-refractivity contribution in [3.05, 3.63) is 48.0 Å². The van der Waals surface area contributed by atoms with Crippen molar-refractivity contribution in [2.75, 3.05) is 26.7 Å².